The van der Waals surface area contributed by atoms with Gasteiger partial charge in [0.05, 0.1) is 19.2 Å². The third kappa shape index (κ3) is 4.29. The van der Waals surface area contributed by atoms with E-state index in [0.717, 1.165) is 0 Å². The predicted octanol–water partition coefficient (Wildman–Crippen LogP) is 3.31. The Morgan fingerprint density at radius 1 is 1.26 bits per heavy atom. The summed E-state index contributed by atoms with van der Waals surface area (Å²) in [6, 6.07) is 7.23. The first-order valence-electron chi connectivity index (χ1n) is 10.2. The number of carbonyl (C=O) groups excluding carboxylic acids is 1. The first-order valence-corrected chi connectivity index (χ1v) is 10.6. The van der Waals surface area contributed by atoms with Crippen LogP contribution in [0.1, 0.15) is 52.4 Å². The maximum Gasteiger partial charge on any atom is 0.296 e. The Balaban J connectivity index is 1.85. The van der Waals surface area contributed by atoms with Crippen LogP contribution in [0.5, 0.6) is 5.75 Å². The molecule has 176 valence electrons. The third-order valence-electron chi connectivity index (χ3n) is 5.35. The van der Waals surface area contributed by atoms with E-state index < -0.39 is 23.3 Å². The van der Waals surface area contributed by atoms with Crippen molar-refractivity contribution < 1.29 is 18.5 Å². The Labute approximate surface area is 198 Å². The number of nitrogens with zero attached hydrogens (tertiary/aromatic N) is 5. The molecule has 11 nitrogen and oxygen atoms in total. The number of aryl methyl sites for hydroxylation is 1. The first-order chi connectivity index (χ1) is 16.3. The highest BCUT2D eigenvalue weighted by Gasteiger charge is 2.33. The molecule has 3 aromatic heterocycles. The lowest BCUT2D eigenvalue weighted by atomic mass is 9.86. The molecule has 4 aromatic rings. The van der Waals surface area contributed by atoms with E-state index >= 15 is 0 Å². The molecule has 0 saturated heterocycles. The standard InChI is InChI=1S/C22H21ClN6O5/c1-11(16(21-28-27-12(2)34-21)14-7-5-6-8-15(14)23)19-26-17(18(32-4)22(31)29(19)3)20(30)25-13-9-24-33-10-13/h5-11,16H,1-4H3,(H,25,30). The van der Waals surface area contributed by atoms with E-state index in [-0.39, 0.29) is 11.4 Å². The second-order valence-corrected chi connectivity index (χ2v) is 7.94. The maximum atomic E-state index is 13.1. The van der Waals surface area contributed by atoms with E-state index in [9.17, 15) is 9.59 Å². The lowest BCUT2D eigenvalue weighted by molar-refractivity contribution is 0.101. The molecule has 0 aliphatic heterocycles. The van der Waals surface area contributed by atoms with Gasteiger partial charge in [-0.05, 0) is 11.6 Å². The summed E-state index contributed by atoms with van der Waals surface area (Å²) >= 11 is 6.51. The van der Waals surface area contributed by atoms with Crippen LogP contribution in [-0.4, -0.2) is 37.9 Å². The van der Waals surface area contributed by atoms with Gasteiger partial charge in [0.15, 0.2) is 5.69 Å². The highest BCUT2D eigenvalue weighted by atomic mass is 35.5. The third-order valence-corrected chi connectivity index (χ3v) is 5.69. The number of ether oxygens (including phenoxy) is 1. The van der Waals surface area contributed by atoms with Crippen molar-refractivity contribution in [3.05, 3.63) is 81.0 Å². The Kier molecular flexibility index (Phi) is 6.46. The number of anilines is 1. The molecule has 2 atom stereocenters. The quantitative estimate of drug-likeness (QED) is 0.418. The molecule has 0 spiro atoms. The van der Waals surface area contributed by atoms with Crippen molar-refractivity contribution >= 4 is 23.2 Å². The van der Waals surface area contributed by atoms with Crippen LogP contribution in [-0.2, 0) is 7.05 Å². The van der Waals surface area contributed by atoms with Crippen molar-refractivity contribution in [2.45, 2.75) is 25.7 Å². The van der Waals surface area contributed by atoms with Gasteiger partial charge in [-0.15, -0.1) is 10.2 Å². The number of hydrogen-bond donors (Lipinski definition) is 1. The summed E-state index contributed by atoms with van der Waals surface area (Å²) in [7, 11) is 2.85. The lowest BCUT2D eigenvalue weighted by Crippen LogP contribution is -2.31. The molecule has 12 heteroatoms. The van der Waals surface area contributed by atoms with Gasteiger partial charge in [-0.3, -0.25) is 14.2 Å². The number of hydrogen-bond acceptors (Lipinski definition) is 9. The smallest absolute Gasteiger partial charge is 0.296 e. The van der Waals surface area contributed by atoms with Crippen molar-refractivity contribution in [1.82, 2.24) is 24.9 Å². The minimum absolute atomic E-state index is 0.187. The van der Waals surface area contributed by atoms with Gasteiger partial charge < -0.3 is 19.0 Å². The second kappa shape index (κ2) is 9.48. The second-order valence-electron chi connectivity index (χ2n) is 7.53. The van der Waals surface area contributed by atoms with Gasteiger partial charge in [0.25, 0.3) is 11.5 Å². The van der Waals surface area contributed by atoms with Gasteiger partial charge in [-0.1, -0.05) is 41.9 Å². The van der Waals surface area contributed by atoms with Gasteiger partial charge in [0.1, 0.15) is 17.8 Å². The van der Waals surface area contributed by atoms with E-state index in [1.165, 1.54) is 24.1 Å². The van der Waals surface area contributed by atoms with Crippen molar-refractivity contribution in [3.63, 3.8) is 0 Å². The number of nitrogens with one attached hydrogen (secondary N) is 1. The van der Waals surface area contributed by atoms with Crippen LogP contribution in [0.4, 0.5) is 5.69 Å². The maximum absolute atomic E-state index is 13.1. The van der Waals surface area contributed by atoms with Gasteiger partial charge in [0, 0.05) is 24.9 Å². The number of rotatable bonds is 7. The number of carbonyl (C=O) groups is 1. The summed E-state index contributed by atoms with van der Waals surface area (Å²) in [6.45, 7) is 3.52. The fourth-order valence-corrected chi connectivity index (χ4v) is 3.98. The van der Waals surface area contributed by atoms with Crippen molar-refractivity contribution in [1.29, 1.82) is 0 Å². The highest BCUT2D eigenvalue weighted by Crippen LogP contribution is 2.40. The molecular weight excluding hydrogens is 464 g/mol. The zero-order valence-electron chi connectivity index (χ0n) is 18.8. The Morgan fingerprint density at radius 2 is 2.03 bits per heavy atom. The summed E-state index contributed by atoms with van der Waals surface area (Å²) in [6.07, 6.45) is 2.57. The molecule has 4 rings (SSSR count). The Hall–Kier alpha value is -3.99. The SMILES string of the molecule is COc1c(C(=O)Nc2cnoc2)nc(C(C)C(c2nnc(C)o2)c2ccccc2Cl)n(C)c1=O. The van der Waals surface area contributed by atoms with Crippen LogP contribution in [0, 0.1) is 6.92 Å². The van der Waals surface area contributed by atoms with Crippen molar-refractivity contribution in [3.8, 4) is 5.75 Å². The molecule has 2 unspecified atom stereocenters. The van der Waals surface area contributed by atoms with Gasteiger partial charge in [-0.25, -0.2) is 4.98 Å². The van der Waals surface area contributed by atoms with Crippen LogP contribution >= 0.6 is 11.6 Å². The number of amides is 1. The molecule has 1 amide bonds. The molecule has 0 bridgehead atoms. The van der Waals surface area contributed by atoms with Crippen molar-refractivity contribution in [2.24, 2.45) is 7.05 Å². The van der Waals surface area contributed by atoms with E-state index in [0.29, 0.717) is 33.9 Å². The highest BCUT2D eigenvalue weighted by molar-refractivity contribution is 6.31. The van der Waals surface area contributed by atoms with Gasteiger partial charge >= 0.3 is 0 Å². The van der Waals surface area contributed by atoms with Crippen LogP contribution in [0.2, 0.25) is 5.02 Å². The molecule has 1 N–H and O–H groups in total. The molecule has 34 heavy (non-hydrogen) atoms. The van der Waals surface area contributed by atoms with Crippen LogP contribution < -0.4 is 15.6 Å². The number of methoxy groups -OCH3 is 1. The first kappa shape index (κ1) is 23.2. The molecule has 0 aliphatic rings. The van der Waals surface area contributed by atoms with E-state index in [2.05, 4.69) is 25.7 Å². The zero-order valence-corrected chi connectivity index (χ0v) is 19.5. The molecular formula is C22H21ClN6O5. The predicted molar refractivity (Wildman–Crippen MR) is 121 cm³/mol. The molecule has 0 aliphatic carbocycles. The fourth-order valence-electron chi connectivity index (χ4n) is 3.73. The average Bonchev–Trinajstić information content (AvgIpc) is 3.48. The lowest BCUT2D eigenvalue weighted by Gasteiger charge is -2.24. The molecule has 3 heterocycles. The number of aromatic nitrogens is 5. The summed E-state index contributed by atoms with van der Waals surface area (Å²) in [5.74, 6) is -0.935. The number of benzene rings is 1. The van der Waals surface area contributed by atoms with Crippen molar-refractivity contribution in [2.75, 3.05) is 12.4 Å². The van der Waals surface area contributed by atoms with E-state index in [1.54, 1.807) is 26.1 Å². The fraction of sp³-hybridized carbons (Fsp3) is 0.273. The molecule has 0 radical (unpaired) electrons. The summed E-state index contributed by atoms with van der Waals surface area (Å²) in [5, 5.41) is 14.8. The Morgan fingerprint density at radius 3 is 2.65 bits per heavy atom. The largest absolute Gasteiger partial charge is 0.489 e. The average molecular weight is 485 g/mol. The van der Waals surface area contributed by atoms with Gasteiger partial charge in [-0.2, -0.15) is 0 Å². The number of halogens is 1. The summed E-state index contributed by atoms with van der Waals surface area (Å²) in [4.78, 5) is 30.6. The van der Waals surface area contributed by atoms with E-state index in [1.807, 2.05) is 19.1 Å². The summed E-state index contributed by atoms with van der Waals surface area (Å²) < 4.78 is 17.0. The Bertz CT molecular complexity index is 1380. The van der Waals surface area contributed by atoms with Crippen LogP contribution in [0.3, 0.4) is 0 Å². The van der Waals surface area contributed by atoms with Crippen LogP contribution in [0.15, 0.2) is 50.5 Å². The molecule has 0 fully saturated rings. The molecule has 1 aromatic carbocycles. The minimum Gasteiger partial charge on any atom is -0.489 e. The monoisotopic (exact) mass is 484 g/mol. The van der Waals surface area contributed by atoms with Crippen LogP contribution in [0.25, 0.3) is 0 Å². The summed E-state index contributed by atoms with van der Waals surface area (Å²) in [5.41, 5.74) is 0.294. The zero-order chi connectivity index (χ0) is 24.4. The van der Waals surface area contributed by atoms with Gasteiger partial charge in [0.2, 0.25) is 17.5 Å². The minimum atomic E-state index is -0.658. The molecule has 0 saturated carbocycles. The normalized spacial score (nSPS) is 12.9. The van der Waals surface area contributed by atoms with E-state index in [4.69, 9.17) is 25.3 Å². The topological polar surface area (TPSA) is 138 Å².